The van der Waals surface area contributed by atoms with E-state index in [1.54, 1.807) is 11.0 Å². The molecule has 0 saturated carbocycles. The molecule has 138 valence electrons. The monoisotopic (exact) mass is 376 g/mol. The molecule has 26 heavy (non-hydrogen) atoms. The van der Waals surface area contributed by atoms with Crippen molar-refractivity contribution in [3.8, 4) is 0 Å². The van der Waals surface area contributed by atoms with Gasteiger partial charge in [-0.25, -0.2) is 12.8 Å². The topological polar surface area (TPSA) is 57.7 Å². The van der Waals surface area contributed by atoms with Crippen molar-refractivity contribution < 1.29 is 17.6 Å². The number of sulfonamides is 1. The molecule has 1 heterocycles. The van der Waals surface area contributed by atoms with E-state index in [1.807, 2.05) is 24.3 Å². The van der Waals surface area contributed by atoms with E-state index in [0.29, 0.717) is 6.54 Å². The van der Waals surface area contributed by atoms with Crippen molar-refractivity contribution in [2.75, 3.05) is 28.6 Å². The fourth-order valence-corrected chi connectivity index (χ4v) is 4.17. The molecule has 1 aliphatic rings. The third-order valence-corrected chi connectivity index (χ3v) is 5.64. The Labute approximate surface area is 153 Å². The van der Waals surface area contributed by atoms with Crippen molar-refractivity contribution in [3.63, 3.8) is 0 Å². The molecule has 1 aliphatic heterocycles. The van der Waals surface area contributed by atoms with Gasteiger partial charge in [0, 0.05) is 25.2 Å². The fourth-order valence-electron chi connectivity index (χ4n) is 3.24. The largest absolute Gasteiger partial charge is 0.312 e. The average Bonchev–Trinajstić information content (AvgIpc) is 2.61. The summed E-state index contributed by atoms with van der Waals surface area (Å²) < 4.78 is 39.2. The van der Waals surface area contributed by atoms with Gasteiger partial charge in [-0.2, -0.15) is 0 Å². The highest BCUT2D eigenvalue weighted by molar-refractivity contribution is 7.92. The number of anilines is 2. The summed E-state index contributed by atoms with van der Waals surface area (Å²) in [5, 5.41) is 0. The van der Waals surface area contributed by atoms with Crippen molar-refractivity contribution in [1.82, 2.24) is 0 Å². The average molecular weight is 376 g/mol. The van der Waals surface area contributed by atoms with Gasteiger partial charge in [-0.1, -0.05) is 30.3 Å². The Hall–Kier alpha value is -2.41. The summed E-state index contributed by atoms with van der Waals surface area (Å²) in [7, 11) is -3.70. The number of hydrogen-bond acceptors (Lipinski definition) is 3. The number of halogens is 1. The zero-order valence-corrected chi connectivity index (χ0v) is 15.4. The Morgan fingerprint density at radius 3 is 2.58 bits per heavy atom. The van der Waals surface area contributed by atoms with Crippen LogP contribution in [0, 0.1) is 5.82 Å². The standard InChI is InChI=1S/C19H21FN2O3S/c1-26(24,25)22(18-11-5-3-9-16(18)20)14-12-19(23)21-13-6-8-15-7-2-4-10-17(15)21/h2-5,7,9-11H,6,8,12-14H2,1H3. The molecule has 0 aliphatic carbocycles. The maximum atomic E-state index is 14.0. The van der Waals surface area contributed by atoms with Gasteiger partial charge < -0.3 is 4.90 Å². The van der Waals surface area contributed by atoms with Crippen molar-refractivity contribution in [1.29, 1.82) is 0 Å². The molecule has 0 radical (unpaired) electrons. The van der Waals surface area contributed by atoms with Gasteiger partial charge in [0.1, 0.15) is 5.82 Å². The third-order valence-electron chi connectivity index (χ3n) is 4.46. The van der Waals surface area contributed by atoms with Crippen molar-refractivity contribution >= 4 is 27.3 Å². The minimum Gasteiger partial charge on any atom is -0.312 e. The van der Waals surface area contributed by atoms with Gasteiger partial charge in [0.05, 0.1) is 11.9 Å². The van der Waals surface area contributed by atoms with Crippen LogP contribution in [0.25, 0.3) is 0 Å². The first kappa shape index (κ1) is 18.4. The van der Waals surface area contributed by atoms with Crippen LogP contribution in [-0.2, 0) is 21.2 Å². The maximum absolute atomic E-state index is 14.0. The van der Waals surface area contributed by atoms with Crippen molar-refractivity contribution in [2.24, 2.45) is 0 Å². The SMILES string of the molecule is CS(=O)(=O)N(CCC(=O)N1CCCc2ccccc21)c1ccccc1F. The van der Waals surface area contributed by atoms with E-state index in [9.17, 15) is 17.6 Å². The molecule has 0 unspecified atom stereocenters. The van der Waals surface area contributed by atoms with Crippen molar-refractivity contribution in [2.45, 2.75) is 19.3 Å². The molecule has 1 amide bonds. The molecule has 2 aromatic carbocycles. The maximum Gasteiger partial charge on any atom is 0.232 e. The lowest BCUT2D eigenvalue weighted by Gasteiger charge is -2.30. The molecule has 3 rings (SSSR count). The number of nitrogens with zero attached hydrogens (tertiary/aromatic N) is 2. The molecule has 0 fully saturated rings. The Balaban J connectivity index is 1.78. The zero-order chi connectivity index (χ0) is 18.7. The number of aryl methyl sites for hydroxylation is 1. The van der Waals surface area contributed by atoms with Gasteiger partial charge in [-0.3, -0.25) is 9.10 Å². The number of rotatable bonds is 5. The van der Waals surface area contributed by atoms with Crippen LogP contribution in [0.2, 0.25) is 0 Å². The highest BCUT2D eigenvalue weighted by atomic mass is 32.2. The predicted octanol–water partition coefficient (Wildman–Crippen LogP) is 2.96. The van der Waals surface area contributed by atoms with Gasteiger partial charge >= 0.3 is 0 Å². The summed E-state index contributed by atoms with van der Waals surface area (Å²) in [5.74, 6) is -0.796. The van der Waals surface area contributed by atoms with Crippen LogP contribution in [0.4, 0.5) is 15.8 Å². The molecule has 0 saturated heterocycles. The zero-order valence-electron chi connectivity index (χ0n) is 14.6. The second-order valence-corrected chi connectivity index (χ2v) is 8.22. The van der Waals surface area contributed by atoms with Gasteiger partial charge in [0.25, 0.3) is 0 Å². The molecular weight excluding hydrogens is 355 g/mol. The summed E-state index contributed by atoms with van der Waals surface area (Å²) in [6, 6.07) is 13.4. The Kier molecular flexibility index (Phi) is 5.27. The van der Waals surface area contributed by atoms with Crippen LogP contribution >= 0.6 is 0 Å². The quantitative estimate of drug-likeness (QED) is 0.806. The Morgan fingerprint density at radius 2 is 1.85 bits per heavy atom. The minimum absolute atomic E-state index is 0.0181. The highest BCUT2D eigenvalue weighted by Gasteiger charge is 2.25. The van der Waals surface area contributed by atoms with Crippen LogP contribution in [-0.4, -0.2) is 33.7 Å². The van der Waals surface area contributed by atoms with Gasteiger partial charge in [-0.15, -0.1) is 0 Å². The summed E-state index contributed by atoms with van der Waals surface area (Å²) >= 11 is 0. The molecule has 0 spiro atoms. The molecule has 0 bridgehead atoms. The highest BCUT2D eigenvalue weighted by Crippen LogP contribution is 2.28. The van der Waals surface area contributed by atoms with Crippen LogP contribution in [0.5, 0.6) is 0 Å². The number of benzene rings is 2. The molecule has 0 aromatic heterocycles. The summed E-state index contributed by atoms with van der Waals surface area (Å²) in [5.41, 5.74) is 1.95. The lowest BCUT2D eigenvalue weighted by molar-refractivity contribution is -0.118. The summed E-state index contributed by atoms with van der Waals surface area (Å²) in [4.78, 5) is 14.4. The van der Waals surface area contributed by atoms with E-state index in [-0.39, 0.29) is 24.6 Å². The van der Waals surface area contributed by atoms with E-state index in [4.69, 9.17) is 0 Å². The third kappa shape index (κ3) is 3.88. The van der Waals surface area contributed by atoms with E-state index in [2.05, 4.69) is 0 Å². The molecule has 2 aromatic rings. The number of carbonyl (C=O) groups is 1. The number of fused-ring (bicyclic) bond motifs is 1. The Morgan fingerprint density at radius 1 is 1.15 bits per heavy atom. The first-order valence-electron chi connectivity index (χ1n) is 8.48. The van der Waals surface area contributed by atoms with Gasteiger partial charge in [-0.05, 0) is 36.6 Å². The van der Waals surface area contributed by atoms with Gasteiger partial charge in [0.15, 0.2) is 0 Å². The molecule has 0 atom stereocenters. The molecule has 7 heteroatoms. The summed E-state index contributed by atoms with van der Waals surface area (Å²) in [6.45, 7) is 0.506. The normalized spacial score (nSPS) is 14.0. The molecular formula is C19H21FN2O3S. The van der Waals surface area contributed by atoms with Gasteiger partial charge in [0.2, 0.25) is 15.9 Å². The first-order valence-corrected chi connectivity index (χ1v) is 10.3. The lowest BCUT2D eigenvalue weighted by Crippen LogP contribution is -2.39. The fraction of sp³-hybridized carbons (Fsp3) is 0.316. The number of para-hydroxylation sites is 2. The molecule has 5 nitrogen and oxygen atoms in total. The predicted molar refractivity (Wildman–Crippen MR) is 100 cm³/mol. The number of amides is 1. The van der Waals surface area contributed by atoms with E-state index < -0.39 is 15.8 Å². The second-order valence-electron chi connectivity index (χ2n) is 6.31. The van der Waals surface area contributed by atoms with Crippen molar-refractivity contribution in [3.05, 3.63) is 59.9 Å². The number of carbonyl (C=O) groups excluding carboxylic acids is 1. The smallest absolute Gasteiger partial charge is 0.232 e. The van der Waals surface area contributed by atoms with Crippen LogP contribution in [0.1, 0.15) is 18.4 Å². The van der Waals surface area contributed by atoms with Crippen LogP contribution in [0.15, 0.2) is 48.5 Å². The number of hydrogen-bond donors (Lipinski definition) is 0. The van der Waals surface area contributed by atoms with Crippen LogP contribution < -0.4 is 9.21 Å². The second kappa shape index (κ2) is 7.45. The molecule has 0 N–H and O–H groups in total. The first-order chi connectivity index (χ1) is 12.4. The van der Waals surface area contributed by atoms with Crippen LogP contribution in [0.3, 0.4) is 0 Å². The lowest BCUT2D eigenvalue weighted by atomic mass is 10.0. The van der Waals surface area contributed by atoms with E-state index in [1.165, 1.54) is 18.2 Å². The minimum atomic E-state index is -3.70. The van der Waals surface area contributed by atoms with E-state index in [0.717, 1.165) is 34.7 Å². The Bertz CT molecular complexity index is 915. The van der Waals surface area contributed by atoms with E-state index >= 15 is 0 Å². The summed E-state index contributed by atoms with van der Waals surface area (Å²) in [6.07, 6.45) is 2.78.